The van der Waals surface area contributed by atoms with Crippen LogP contribution in [0.4, 0.5) is 0 Å². The Morgan fingerprint density at radius 2 is 2.19 bits per heavy atom. The summed E-state index contributed by atoms with van der Waals surface area (Å²) in [4.78, 5) is 0. The van der Waals surface area contributed by atoms with Crippen LogP contribution in [0.1, 0.15) is 19.3 Å². The fourth-order valence-electron chi connectivity index (χ4n) is 2.30. The Bertz CT molecular complexity index is 330. The molecule has 3 unspecified atom stereocenters. The number of rotatable bonds is 4. The smallest absolute Gasteiger partial charge is 0.158 e. The molecule has 16 heavy (non-hydrogen) atoms. The van der Waals surface area contributed by atoms with E-state index in [9.17, 15) is 8.42 Å². The highest BCUT2D eigenvalue weighted by molar-refractivity contribution is 7.91. The highest BCUT2D eigenvalue weighted by Crippen LogP contribution is 2.27. The molecule has 0 amide bonds. The van der Waals surface area contributed by atoms with E-state index < -0.39 is 9.84 Å². The molecule has 0 aromatic heterocycles. The van der Waals surface area contributed by atoms with E-state index in [4.69, 9.17) is 15.2 Å². The second-order valence-electron chi connectivity index (χ2n) is 4.60. The molecule has 94 valence electrons. The molecule has 3 atom stereocenters. The standard InChI is InChI=1S/C10H19NO4S/c11-3-1-9-6-14-10(15-9)5-8-2-4-16(12,13)7-8/h8-10H,1-7,11H2. The predicted octanol–water partition coefficient (Wildman–Crippen LogP) is -0.0985. The molecule has 0 spiro atoms. The minimum atomic E-state index is -2.79. The fourth-order valence-corrected chi connectivity index (χ4v) is 4.18. The third-order valence-corrected chi connectivity index (χ3v) is 4.99. The SMILES string of the molecule is NCCC1COC(CC2CCS(=O)(=O)C2)O1. The first kappa shape index (κ1) is 12.3. The Kier molecular flexibility index (Phi) is 3.84. The average molecular weight is 249 g/mol. The third kappa shape index (κ3) is 3.16. The first-order valence-corrected chi connectivity index (χ1v) is 7.59. The summed E-state index contributed by atoms with van der Waals surface area (Å²) in [5.41, 5.74) is 5.44. The van der Waals surface area contributed by atoms with Crippen molar-refractivity contribution in [2.75, 3.05) is 24.7 Å². The monoisotopic (exact) mass is 249 g/mol. The molecule has 2 aliphatic rings. The largest absolute Gasteiger partial charge is 0.350 e. The van der Waals surface area contributed by atoms with Gasteiger partial charge in [-0.3, -0.25) is 0 Å². The lowest BCUT2D eigenvalue weighted by Crippen LogP contribution is -2.19. The zero-order valence-electron chi connectivity index (χ0n) is 9.30. The normalized spacial score (nSPS) is 37.9. The van der Waals surface area contributed by atoms with Crippen molar-refractivity contribution in [2.24, 2.45) is 11.7 Å². The molecule has 2 heterocycles. The van der Waals surface area contributed by atoms with Crippen molar-refractivity contribution in [1.29, 1.82) is 0 Å². The molecule has 2 fully saturated rings. The van der Waals surface area contributed by atoms with Crippen LogP contribution in [0.3, 0.4) is 0 Å². The van der Waals surface area contributed by atoms with Gasteiger partial charge in [0.2, 0.25) is 0 Å². The highest BCUT2D eigenvalue weighted by Gasteiger charge is 2.33. The minimum Gasteiger partial charge on any atom is -0.350 e. The van der Waals surface area contributed by atoms with Crippen molar-refractivity contribution >= 4 is 9.84 Å². The quantitative estimate of drug-likeness (QED) is 0.753. The second kappa shape index (κ2) is 5.00. The lowest BCUT2D eigenvalue weighted by atomic mass is 10.1. The maximum atomic E-state index is 11.3. The Morgan fingerprint density at radius 1 is 1.38 bits per heavy atom. The van der Waals surface area contributed by atoms with E-state index in [1.54, 1.807) is 0 Å². The second-order valence-corrected chi connectivity index (χ2v) is 6.83. The predicted molar refractivity (Wildman–Crippen MR) is 59.7 cm³/mol. The van der Waals surface area contributed by atoms with E-state index in [1.165, 1.54) is 0 Å². The zero-order valence-corrected chi connectivity index (χ0v) is 10.1. The molecule has 2 aliphatic heterocycles. The first-order chi connectivity index (χ1) is 7.59. The van der Waals surface area contributed by atoms with Gasteiger partial charge in [0.25, 0.3) is 0 Å². The zero-order chi connectivity index (χ0) is 11.6. The van der Waals surface area contributed by atoms with Crippen molar-refractivity contribution in [3.05, 3.63) is 0 Å². The maximum Gasteiger partial charge on any atom is 0.158 e. The van der Waals surface area contributed by atoms with Crippen molar-refractivity contribution in [3.8, 4) is 0 Å². The van der Waals surface area contributed by atoms with Crippen LogP contribution in [-0.2, 0) is 19.3 Å². The molecule has 0 aliphatic carbocycles. The lowest BCUT2D eigenvalue weighted by molar-refractivity contribution is -0.0700. The van der Waals surface area contributed by atoms with E-state index in [-0.39, 0.29) is 24.1 Å². The van der Waals surface area contributed by atoms with Crippen molar-refractivity contribution in [2.45, 2.75) is 31.7 Å². The van der Waals surface area contributed by atoms with Crippen LogP contribution in [-0.4, -0.2) is 45.5 Å². The molecule has 0 bridgehead atoms. The van der Waals surface area contributed by atoms with Gasteiger partial charge in [-0.1, -0.05) is 0 Å². The molecule has 2 saturated heterocycles. The summed E-state index contributed by atoms with van der Waals surface area (Å²) in [7, 11) is -2.79. The van der Waals surface area contributed by atoms with E-state index in [2.05, 4.69) is 0 Å². The van der Waals surface area contributed by atoms with Crippen LogP contribution in [0.5, 0.6) is 0 Å². The average Bonchev–Trinajstić information content (AvgIpc) is 2.75. The molecular formula is C10H19NO4S. The molecule has 0 radical (unpaired) electrons. The van der Waals surface area contributed by atoms with Gasteiger partial charge in [0.15, 0.2) is 16.1 Å². The summed E-state index contributed by atoms with van der Waals surface area (Å²) in [6.45, 7) is 1.18. The van der Waals surface area contributed by atoms with Crippen molar-refractivity contribution < 1.29 is 17.9 Å². The van der Waals surface area contributed by atoms with Crippen LogP contribution < -0.4 is 5.73 Å². The first-order valence-electron chi connectivity index (χ1n) is 5.76. The summed E-state index contributed by atoms with van der Waals surface area (Å²) < 4.78 is 33.7. The molecule has 6 heteroatoms. The Labute approximate surface area is 96.2 Å². The van der Waals surface area contributed by atoms with E-state index >= 15 is 0 Å². The van der Waals surface area contributed by atoms with Crippen molar-refractivity contribution in [1.82, 2.24) is 0 Å². The van der Waals surface area contributed by atoms with Crippen LogP contribution >= 0.6 is 0 Å². The van der Waals surface area contributed by atoms with Gasteiger partial charge >= 0.3 is 0 Å². The Morgan fingerprint density at radius 3 is 2.81 bits per heavy atom. The molecule has 0 aromatic carbocycles. The molecule has 0 aromatic rings. The summed E-state index contributed by atoms with van der Waals surface area (Å²) in [6.07, 6.45) is 2.11. The Balaban J connectivity index is 1.75. The van der Waals surface area contributed by atoms with E-state index in [0.717, 1.165) is 12.8 Å². The summed E-state index contributed by atoms with van der Waals surface area (Å²) in [5.74, 6) is 0.806. The number of sulfone groups is 1. The molecule has 5 nitrogen and oxygen atoms in total. The van der Waals surface area contributed by atoms with Gasteiger partial charge in [0.05, 0.1) is 24.2 Å². The maximum absolute atomic E-state index is 11.3. The van der Waals surface area contributed by atoms with Crippen LogP contribution in [0.15, 0.2) is 0 Å². The number of nitrogens with two attached hydrogens (primary N) is 1. The summed E-state index contributed by atoms with van der Waals surface area (Å²) in [6, 6.07) is 0. The number of ether oxygens (including phenoxy) is 2. The number of hydrogen-bond donors (Lipinski definition) is 1. The van der Waals surface area contributed by atoms with Crippen LogP contribution in [0, 0.1) is 5.92 Å². The van der Waals surface area contributed by atoms with Gasteiger partial charge in [-0.25, -0.2) is 8.42 Å². The minimum absolute atomic E-state index is 0.0908. The number of hydrogen-bond acceptors (Lipinski definition) is 5. The molecule has 2 N–H and O–H groups in total. The van der Waals surface area contributed by atoms with Gasteiger partial charge in [0, 0.05) is 6.42 Å². The van der Waals surface area contributed by atoms with Gasteiger partial charge in [-0.2, -0.15) is 0 Å². The van der Waals surface area contributed by atoms with E-state index in [0.29, 0.717) is 25.3 Å². The highest BCUT2D eigenvalue weighted by atomic mass is 32.2. The van der Waals surface area contributed by atoms with Gasteiger partial charge < -0.3 is 15.2 Å². The van der Waals surface area contributed by atoms with Gasteiger partial charge in [0.1, 0.15) is 0 Å². The van der Waals surface area contributed by atoms with Crippen LogP contribution in [0.2, 0.25) is 0 Å². The molecule has 2 rings (SSSR count). The van der Waals surface area contributed by atoms with Crippen LogP contribution in [0.25, 0.3) is 0 Å². The van der Waals surface area contributed by atoms with E-state index in [1.807, 2.05) is 0 Å². The van der Waals surface area contributed by atoms with Crippen molar-refractivity contribution in [3.63, 3.8) is 0 Å². The lowest BCUT2D eigenvalue weighted by Gasteiger charge is -2.14. The molecular weight excluding hydrogens is 230 g/mol. The molecule has 0 saturated carbocycles. The van der Waals surface area contributed by atoms with Gasteiger partial charge in [-0.05, 0) is 25.3 Å². The third-order valence-electron chi connectivity index (χ3n) is 3.15. The fraction of sp³-hybridized carbons (Fsp3) is 1.00. The topological polar surface area (TPSA) is 78.6 Å². The Hall–Kier alpha value is -0.170. The van der Waals surface area contributed by atoms with Gasteiger partial charge in [-0.15, -0.1) is 0 Å². The summed E-state index contributed by atoms with van der Waals surface area (Å²) in [5, 5.41) is 0. The summed E-state index contributed by atoms with van der Waals surface area (Å²) >= 11 is 0.